The second-order valence-electron chi connectivity index (χ2n) is 13.9. The molecule has 0 aliphatic carbocycles. The third kappa shape index (κ3) is 7.46. The van der Waals surface area contributed by atoms with Crippen LogP contribution in [0.15, 0.2) is 66.7 Å². The van der Waals surface area contributed by atoms with Crippen LogP contribution >= 0.6 is 0 Å². The fraction of sp³-hybridized carbons (Fsp3) is 0.462. The van der Waals surface area contributed by atoms with Crippen LogP contribution in [0.3, 0.4) is 0 Å². The van der Waals surface area contributed by atoms with Gasteiger partial charge in [0, 0.05) is 50.2 Å². The number of hydrogen-bond acceptors (Lipinski definition) is 7. The summed E-state index contributed by atoms with van der Waals surface area (Å²) >= 11 is 0. The molecule has 12 heteroatoms. The SMILES string of the molecule is COc1cc(C(=O)N2CCC(CCN3CCC(NC(=O)N4CCC(C(=O)O)C4)(c4ccccc4)CC3)(c3ccc(F)cc3)C2)cc(OC)c1OC. The zero-order chi connectivity index (χ0) is 36.2. The average Bonchev–Trinajstić information content (AvgIpc) is 3.84. The molecule has 0 spiro atoms. The van der Waals surface area contributed by atoms with Crippen molar-refractivity contribution < 1.29 is 38.1 Å². The lowest BCUT2D eigenvalue weighted by molar-refractivity contribution is -0.141. The molecule has 3 fully saturated rings. The van der Waals surface area contributed by atoms with Gasteiger partial charge in [-0.1, -0.05) is 42.5 Å². The Kier molecular flexibility index (Phi) is 10.7. The molecule has 0 saturated carbocycles. The summed E-state index contributed by atoms with van der Waals surface area (Å²) in [5.41, 5.74) is 1.50. The number of hydrogen-bond donors (Lipinski definition) is 2. The van der Waals surface area contributed by atoms with Gasteiger partial charge in [-0.2, -0.15) is 0 Å². The van der Waals surface area contributed by atoms with E-state index in [0.29, 0.717) is 61.7 Å². The lowest BCUT2D eigenvalue weighted by Gasteiger charge is -2.44. The number of carboxylic acids is 1. The Labute approximate surface area is 298 Å². The van der Waals surface area contributed by atoms with Crippen molar-refractivity contribution in [2.45, 2.75) is 43.1 Å². The summed E-state index contributed by atoms with van der Waals surface area (Å²) in [4.78, 5) is 44.8. The number of likely N-dealkylation sites (tertiary alicyclic amines) is 3. The zero-order valence-corrected chi connectivity index (χ0v) is 29.5. The monoisotopic (exact) mass is 702 g/mol. The van der Waals surface area contributed by atoms with Gasteiger partial charge in [-0.05, 0) is 74.0 Å². The van der Waals surface area contributed by atoms with E-state index < -0.39 is 17.4 Å². The average molecular weight is 703 g/mol. The molecule has 3 amide bonds. The number of benzene rings is 3. The topological polar surface area (TPSA) is 121 Å². The van der Waals surface area contributed by atoms with E-state index in [4.69, 9.17) is 14.2 Å². The van der Waals surface area contributed by atoms with E-state index in [9.17, 15) is 23.9 Å². The Morgan fingerprint density at radius 2 is 1.51 bits per heavy atom. The molecule has 272 valence electrons. The molecule has 51 heavy (non-hydrogen) atoms. The number of ether oxygens (including phenoxy) is 3. The number of carbonyl (C=O) groups is 3. The third-order valence-corrected chi connectivity index (χ3v) is 11.1. The molecule has 3 heterocycles. The van der Waals surface area contributed by atoms with Gasteiger partial charge in [0.15, 0.2) is 11.5 Å². The van der Waals surface area contributed by atoms with Crippen molar-refractivity contribution in [3.05, 3.63) is 89.2 Å². The summed E-state index contributed by atoms with van der Waals surface area (Å²) in [6.45, 7) is 3.87. The molecule has 3 aliphatic rings. The zero-order valence-electron chi connectivity index (χ0n) is 29.5. The van der Waals surface area contributed by atoms with Crippen LogP contribution in [0.25, 0.3) is 0 Å². The molecule has 2 unspecified atom stereocenters. The molecular weight excluding hydrogens is 655 g/mol. The minimum atomic E-state index is -0.870. The summed E-state index contributed by atoms with van der Waals surface area (Å²) in [5, 5.41) is 12.8. The maximum atomic E-state index is 14.1. The molecule has 0 radical (unpaired) electrons. The fourth-order valence-electron chi connectivity index (χ4n) is 8.02. The summed E-state index contributed by atoms with van der Waals surface area (Å²) in [7, 11) is 4.55. The van der Waals surface area contributed by atoms with E-state index in [2.05, 4.69) is 10.2 Å². The third-order valence-electron chi connectivity index (χ3n) is 11.1. The van der Waals surface area contributed by atoms with Gasteiger partial charge < -0.3 is 39.3 Å². The van der Waals surface area contributed by atoms with Crippen molar-refractivity contribution >= 4 is 17.9 Å². The second kappa shape index (κ2) is 15.2. The molecule has 0 aromatic heterocycles. The van der Waals surface area contributed by atoms with E-state index in [1.54, 1.807) is 17.0 Å². The smallest absolute Gasteiger partial charge is 0.318 e. The number of nitrogens with zero attached hydrogens (tertiary/aromatic N) is 3. The Morgan fingerprint density at radius 1 is 0.843 bits per heavy atom. The highest BCUT2D eigenvalue weighted by atomic mass is 19.1. The first-order chi connectivity index (χ1) is 24.6. The first-order valence-corrected chi connectivity index (χ1v) is 17.5. The van der Waals surface area contributed by atoms with Crippen LogP contribution in [-0.4, -0.2) is 105 Å². The highest BCUT2D eigenvalue weighted by Crippen LogP contribution is 2.42. The maximum Gasteiger partial charge on any atom is 0.318 e. The van der Waals surface area contributed by atoms with Gasteiger partial charge in [0.05, 0.1) is 32.8 Å². The molecule has 0 bridgehead atoms. The largest absolute Gasteiger partial charge is 0.493 e. The van der Waals surface area contributed by atoms with Crippen molar-refractivity contribution in [1.82, 2.24) is 20.0 Å². The Balaban J connectivity index is 1.17. The maximum absolute atomic E-state index is 14.1. The molecule has 3 aliphatic heterocycles. The molecule has 6 rings (SSSR count). The Bertz CT molecular complexity index is 1690. The van der Waals surface area contributed by atoms with Crippen LogP contribution in [0.1, 0.15) is 53.6 Å². The number of urea groups is 1. The summed E-state index contributed by atoms with van der Waals surface area (Å²) in [6.07, 6.45) is 3.31. The predicted octanol–water partition coefficient (Wildman–Crippen LogP) is 5.13. The molecule has 3 aromatic rings. The van der Waals surface area contributed by atoms with Crippen molar-refractivity contribution in [3.8, 4) is 17.2 Å². The van der Waals surface area contributed by atoms with Crippen LogP contribution in [0.5, 0.6) is 17.2 Å². The van der Waals surface area contributed by atoms with E-state index in [-0.39, 0.29) is 29.7 Å². The van der Waals surface area contributed by atoms with Gasteiger partial charge in [-0.25, -0.2) is 9.18 Å². The van der Waals surface area contributed by atoms with Crippen molar-refractivity contribution in [3.63, 3.8) is 0 Å². The first-order valence-electron chi connectivity index (χ1n) is 17.5. The lowest BCUT2D eigenvalue weighted by atomic mass is 9.76. The van der Waals surface area contributed by atoms with Crippen molar-refractivity contribution in [2.75, 3.05) is 67.1 Å². The van der Waals surface area contributed by atoms with Crippen LogP contribution in [0.2, 0.25) is 0 Å². The molecule has 2 N–H and O–H groups in total. The van der Waals surface area contributed by atoms with Crippen molar-refractivity contribution in [2.24, 2.45) is 5.92 Å². The van der Waals surface area contributed by atoms with Crippen LogP contribution < -0.4 is 19.5 Å². The van der Waals surface area contributed by atoms with E-state index in [1.807, 2.05) is 47.4 Å². The van der Waals surface area contributed by atoms with E-state index in [0.717, 1.165) is 43.6 Å². The minimum absolute atomic E-state index is 0.146. The molecule has 2 atom stereocenters. The van der Waals surface area contributed by atoms with Gasteiger partial charge in [-0.3, -0.25) is 9.59 Å². The number of halogens is 1. The van der Waals surface area contributed by atoms with Crippen LogP contribution in [-0.2, 0) is 15.7 Å². The predicted molar refractivity (Wildman–Crippen MR) is 189 cm³/mol. The summed E-state index contributed by atoms with van der Waals surface area (Å²) in [6, 6.07) is 19.7. The second-order valence-corrected chi connectivity index (χ2v) is 13.9. The quantitative estimate of drug-likeness (QED) is 0.282. The standard InChI is InChI=1S/C39H47FN4O7/c1-49-32-23-28(24-33(50-2)34(32)51-3)35(45)44-22-15-38(26-44,29-9-11-31(40)12-10-29)14-19-42-20-16-39(17-21-42,30-7-5-4-6-8-30)41-37(48)43-18-13-27(25-43)36(46)47/h4-12,23-24,27H,13-22,25-26H2,1-3H3,(H,41,48)(H,46,47). The summed E-state index contributed by atoms with van der Waals surface area (Å²) in [5.74, 6) is -0.636. The number of rotatable bonds is 11. The highest BCUT2D eigenvalue weighted by Gasteiger charge is 2.44. The number of amides is 3. The molecule has 3 aromatic carbocycles. The minimum Gasteiger partial charge on any atom is -0.493 e. The number of carbonyl (C=O) groups excluding carboxylic acids is 2. The number of carboxylic acid groups (broad SMARTS) is 1. The fourth-order valence-corrected chi connectivity index (χ4v) is 8.02. The van der Waals surface area contributed by atoms with E-state index >= 15 is 0 Å². The van der Waals surface area contributed by atoms with Gasteiger partial charge in [0.25, 0.3) is 5.91 Å². The lowest BCUT2D eigenvalue weighted by Crippen LogP contribution is -2.56. The molecule has 11 nitrogen and oxygen atoms in total. The van der Waals surface area contributed by atoms with Crippen LogP contribution in [0, 0.1) is 11.7 Å². The van der Waals surface area contributed by atoms with Gasteiger partial charge >= 0.3 is 12.0 Å². The molecule has 3 saturated heterocycles. The van der Waals surface area contributed by atoms with Gasteiger partial charge in [0.1, 0.15) is 5.82 Å². The Morgan fingerprint density at radius 3 is 2.10 bits per heavy atom. The number of nitrogens with one attached hydrogen (secondary N) is 1. The number of methoxy groups -OCH3 is 3. The normalized spacial score (nSPS) is 21.7. The Hall–Kier alpha value is -4.84. The number of aliphatic carboxylic acids is 1. The molecular formula is C39H47FN4O7. The van der Waals surface area contributed by atoms with Gasteiger partial charge in [-0.15, -0.1) is 0 Å². The van der Waals surface area contributed by atoms with Crippen molar-refractivity contribution in [1.29, 1.82) is 0 Å². The number of piperidine rings is 1. The van der Waals surface area contributed by atoms with E-state index in [1.165, 1.54) is 33.5 Å². The van der Waals surface area contributed by atoms with Crippen LogP contribution in [0.4, 0.5) is 9.18 Å². The highest BCUT2D eigenvalue weighted by molar-refractivity contribution is 5.96. The van der Waals surface area contributed by atoms with Gasteiger partial charge in [0.2, 0.25) is 5.75 Å². The first kappa shape index (κ1) is 36.0. The summed E-state index contributed by atoms with van der Waals surface area (Å²) < 4.78 is 30.5.